The first kappa shape index (κ1) is 13.5. The zero-order valence-corrected chi connectivity index (χ0v) is 11.8. The topological polar surface area (TPSA) is 34.0 Å². The highest BCUT2D eigenvalue weighted by Gasteiger charge is 2.18. The Morgan fingerprint density at radius 3 is 2.72 bits per heavy atom. The van der Waals surface area contributed by atoms with E-state index in [0.29, 0.717) is 0 Å². The van der Waals surface area contributed by atoms with Crippen LogP contribution in [0.1, 0.15) is 51.6 Å². The molecule has 2 heterocycles. The third-order valence-corrected chi connectivity index (χ3v) is 4.00. The minimum absolute atomic E-state index is 0.946. The first-order valence-corrected chi connectivity index (χ1v) is 7.43. The van der Waals surface area contributed by atoms with Crippen molar-refractivity contribution in [1.29, 1.82) is 0 Å². The Morgan fingerprint density at radius 2 is 2.06 bits per heavy atom. The van der Waals surface area contributed by atoms with Gasteiger partial charge in [0.1, 0.15) is 0 Å². The Morgan fingerprint density at radius 1 is 1.28 bits per heavy atom. The predicted molar refractivity (Wildman–Crippen MR) is 73.2 cm³/mol. The fraction of sp³-hybridized carbons (Fsp3) is 0.857. The Bertz CT molecular complexity index is 339. The molecule has 0 aromatic carbocycles. The van der Waals surface area contributed by atoms with Gasteiger partial charge in [-0.2, -0.15) is 0 Å². The standard InChI is InChI=1S/C14H26N4/c1-3-5-8-18-12-14(15-16-18)11-17-9-6-13(4-2)7-10-17/h12-13H,3-11H2,1-2H3. The van der Waals surface area contributed by atoms with Crippen LogP contribution in [0.5, 0.6) is 0 Å². The monoisotopic (exact) mass is 250 g/mol. The van der Waals surface area contributed by atoms with Crippen LogP contribution in [0.15, 0.2) is 6.20 Å². The molecule has 4 heteroatoms. The van der Waals surface area contributed by atoms with Gasteiger partial charge in [0.2, 0.25) is 0 Å². The number of nitrogens with zero attached hydrogens (tertiary/aromatic N) is 4. The molecule has 102 valence electrons. The zero-order chi connectivity index (χ0) is 12.8. The van der Waals surface area contributed by atoms with Crippen molar-refractivity contribution in [2.24, 2.45) is 5.92 Å². The van der Waals surface area contributed by atoms with Gasteiger partial charge in [0.25, 0.3) is 0 Å². The normalized spacial score (nSPS) is 18.3. The lowest BCUT2D eigenvalue weighted by Gasteiger charge is -2.30. The quantitative estimate of drug-likeness (QED) is 0.778. The van der Waals surface area contributed by atoms with Gasteiger partial charge in [0.15, 0.2) is 0 Å². The van der Waals surface area contributed by atoms with Crippen LogP contribution in [0, 0.1) is 5.92 Å². The summed E-state index contributed by atoms with van der Waals surface area (Å²) in [5.74, 6) is 0.946. The minimum Gasteiger partial charge on any atom is -0.297 e. The number of rotatable bonds is 6. The summed E-state index contributed by atoms with van der Waals surface area (Å²) in [5.41, 5.74) is 1.13. The van der Waals surface area contributed by atoms with Gasteiger partial charge < -0.3 is 0 Å². The van der Waals surface area contributed by atoms with E-state index in [9.17, 15) is 0 Å². The molecule has 0 atom stereocenters. The van der Waals surface area contributed by atoms with Gasteiger partial charge in [-0.05, 0) is 38.3 Å². The maximum atomic E-state index is 4.27. The number of hydrogen-bond acceptors (Lipinski definition) is 3. The van der Waals surface area contributed by atoms with Crippen LogP contribution in [-0.4, -0.2) is 33.0 Å². The Labute approximate surface area is 110 Å². The maximum absolute atomic E-state index is 4.27. The van der Waals surface area contributed by atoms with Gasteiger partial charge in [-0.25, -0.2) is 0 Å². The second kappa shape index (κ2) is 6.88. The van der Waals surface area contributed by atoms with Crippen LogP contribution >= 0.6 is 0 Å². The highest BCUT2D eigenvalue weighted by Crippen LogP contribution is 2.20. The van der Waals surface area contributed by atoms with Gasteiger partial charge in [-0.15, -0.1) is 5.10 Å². The van der Waals surface area contributed by atoms with E-state index in [1.54, 1.807) is 0 Å². The molecule has 0 saturated carbocycles. The van der Waals surface area contributed by atoms with Crippen molar-refractivity contribution in [1.82, 2.24) is 19.9 Å². The molecule has 1 aliphatic heterocycles. The van der Waals surface area contributed by atoms with Crippen LogP contribution in [-0.2, 0) is 13.1 Å². The molecule has 1 aromatic heterocycles. The third-order valence-electron chi connectivity index (χ3n) is 4.00. The van der Waals surface area contributed by atoms with E-state index in [1.807, 2.05) is 4.68 Å². The Hall–Kier alpha value is -0.900. The van der Waals surface area contributed by atoms with Gasteiger partial charge in [0, 0.05) is 19.3 Å². The molecular formula is C14H26N4. The fourth-order valence-corrected chi connectivity index (χ4v) is 2.62. The lowest BCUT2D eigenvalue weighted by atomic mass is 9.94. The molecule has 1 aliphatic rings. The molecule has 1 fully saturated rings. The summed E-state index contributed by atoms with van der Waals surface area (Å²) in [6.07, 6.45) is 8.54. The van der Waals surface area contributed by atoms with Crippen molar-refractivity contribution >= 4 is 0 Å². The highest BCUT2D eigenvalue weighted by molar-refractivity contribution is 4.92. The third kappa shape index (κ3) is 3.80. The molecule has 4 nitrogen and oxygen atoms in total. The van der Waals surface area contributed by atoms with Crippen LogP contribution in [0.2, 0.25) is 0 Å². The van der Waals surface area contributed by atoms with Crippen molar-refractivity contribution < 1.29 is 0 Å². The summed E-state index contributed by atoms with van der Waals surface area (Å²) in [6.45, 7) is 8.93. The van der Waals surface area contributed by atoms with Crippen LogP contribution in [0.3, 0.4) is 0 Å². The number of likely N-dealkylation sites (tertiary alicyclic amines) is 1. The van der Waals surface area contributed by atoms with Crippen LogP contribution < -0.4 is 0 Å². The molecule has 1 aromatic rings. The predicted octanol–water partition coefficient (Wildman–Crippen LogP) is 2.70. The van der Waals surface area contributed by atoms with Gasteiger partial charge in [0.05, 0.1) is 5.69 Å². The molecule has 0 aliphatic carbocycles. The van der Waals surface area contributed by atoms with E-state index in [0.717, 1.165) is 24.7 Å². The maximum Gasteiger partial charge on any atom is 0.0967 e. The van der Waals surface area contributed by atoms with E-state index in [-0.39, 0.29) is 0 Å². The van der Waals surface area contributed by atoms with Crippen LogP contribution in [0.4, 0.5) is 0 Å². The van der Waals surface area contributed by atoms with Gasteiger partial charge in [-0.1, -0.05) is 31.9 Å². The number of aryl methyl sites for hydroxylation is 1. The van der Waals surface area contributed by atoms with Crippen molar-refractivity contribution in [2.45, 2.75) is 59.0 Å². The molecule has 0 amide bonds. The molecule has 2 rings (SSSR count). The van der Waals surface area contributed by atoms with E-state index in [2.05, 4.69) is 35.3 Å². The van der Waals surface area contributed by atoms with Crippen LogP contribution in [0.25, 0.3) is 0 Å². The second-order valence-corrected chi connectivity index (χ2v) is 5.45. The Kier molecular flexibility index (Phi) is 5.17. The average Bonchev–Trinajstić information content (AvgIpc) is 2.85. The van der Waals surface area contributed by atoms with E-state index < -0.39 is 0 Å². The SMILES string of the molecule is CCCCn1cc(CN2CCC(CC)CC2)nn1. The second-order valence-electron chi connectivity index (χ2n) is 5.45. The van der Waals surface area contributed by atoms with Gasteiger partial charge >= 0.3 is 0 Å². The van der Waals surface area contributed by atoms with Gasteiger partial charge in [-0.3, -0.25) is 9.58 Å². The lowest BCUT2D eigenvalue weighted by Crippen LogP contribution is -2.33. The fourth-order valence-electron chi connectivity index (χ4n) is 2.62. The van der Waals surface area contributed by atoms with Crippen molar-refractivity contribution in [3.63, 3.8) is 0 Å². The Balaban J connectivity index is 1.77. The molecule has 0 spiro atoms. The zero-order valence-electron chi connectivity index (χ0n) is 11.8. The summed E-state index contributed by atoms with van der Waals surface area (Å²) in [6, 6.07) is 0. The number of piperidine rings is 1. The first-order valence-electron chi connectivity index (χ1n) is 7.43. The number of hydrogen-bond donors (Lipinski definition) is 0. The lowest BCUT2D eigenvalue weighted by molar-refractivity contribution is 0.173. The van der Waals surface area contributed by atoms with Crippen molar-refractivity contribution in [3.05, 3.63) is 11.9 Å². The number of unbranched alkanes of at least 4 members (excludes halogenated alkanes) is 1. The van der Waals surface area contributed by atoms with E-state index >= 15 is 0 Å². The molecule has 0 radical (unpaired) electrons. The summed E-state index contributed by atoms with van der Waals surface area (Å²) in [4.78, 5) is 2.51. The largest absolute Gasteiger partial charge is 0.297 e. The minimum atomic E-state index is 0.946. The molecule has 18 heavy (non-hydrogen) atoms. The summed E-state index contributed by atoms with van der Waals surface area (Å²) in [7, 11) is 0. The smallest absolute Gasteiger partial charge is 0.0967 e. The molecular weight excluding hydrogens is 224 g/mol. The molecule has 0 unspecified atom stereocenters. The summed E-state index contributed by atoms with van der Waals surface area (Å²) in [5, 5.41) is 8.46. The molecule has 0 bridgehead atoms. The van der Waals surface area contributed by atoms with Crippen molar-refractivity contribution in [3.8, 4) is 0 Å². The van der Waals surface area contributed by atoms with E-state index in [1.165, 1.54) is 45.2 Å². The average molecular weight is 250 g/mol. The molecule has 0 N–H and O–H groups in total. The summed E-state index contributed by atoms with van der Waals surface area (Å²) >= 11 is 0. The first-order chi connectivity index (χ1) is 8.81. The molecule has 1 saturated heterocycles. The summed E-state index contributed by atoms with van der Waals surface area (Å²) < 4.78 is 1.98. The van der Waals surface area contributed by atoms with E-state index in [4.69, 9.17) is 0 Å². The number of aromatic nitrogens is 3. The highest BCUT2D eigenvalue weighted by atomic mass is 15.4. The van der Waals surface area contributed by atoms with Crippen molar-refractivity contribution in [2.75, 3.05) is 13.1 Å².